The third-order valence-corrected chi connectivity index (χ3v) is 4.06. The number of nitrogen functional groups attached to an aromatic ring is 1. The Kier molecular flexibility index (Phi) is 4.34. The van der Waals surface area contributed by atoms with E-state index < -0.39 is 0 Å². The monoisotopic (exact) mass is 331 g/mol. The van der Waals surface area contributed by atoms with Crippen molar-refractivity contribution in [1.29, 1.82) is 0 Å². The van der Waals surface area contributed by atoms with Crippen LogP contribution in [0.5, 0.6) is 0 Å². The van der Waals surface area contributed by atoms with Gasteiger partial charge in [0.2, 0.25) is 11.9 Å². The van der Waals surface area contributed by atoms with Crippen LogP contribution in [0.3, 0.4) is 0 Å². The normalized spacial score (nSPS) is 14.3. The number of amides is 1. The number of nitrogens with zero attached hydrogens (tertiary/aromatic N) is 3. The molecule has 2 heterocycles. The molecule has 1 amide bonds. The number of benzene rings is 1. The number of hydrogen-bond donors (Lipinski definition) is 2. The van der Waals surface area contributed by atoms with E-state index in [1.165, 1.54) is 0 Å². The van der Waals surface area contributed by atoms with Gasteiger partial charge in [-0.25, -0.2) is 4.98 Å². The van der Waals surface area contributed by atoms with Crippen LogP contribution < -0.4 is 11.1 Å². The van der Waals surface area contributed by atoms with Gasteiger partial charge < -0.3 is 16.0 Å². The van der Waals surface area contributed by atoms with Gasteiger partial charge in [0.25, 0.3) is 0 Å². The molecule has 6 nitrogen and oxygen atoms in total. The summed E-state index contributed by atoms with van der Waals surface area (Å²) in [6, 6.07) is 7.61. The summed E-state index contributed by atoms with van der Waals surface area (Å²) in [5.41, 5.74) is 8.73. The van der Waals surface area contributed by atoms with Crippen molar-refractivity contribution in [2.24, 2.45) is 0 Å². The van der Waals surface area contributed by atoms with Crippen LogP contribution in [0.4, 0.5) is 17.5 Å². The molecule has 0 atom stereocenters. The van der Waals surface area contributed by atoms with E-state index in [0.29, 0.717) is 18.8 Å². The molecule has 3 rings (SSSR count). The van der Waals surface area contributed by atoms with Gasteiger partial charge in [0.15, 0.2) is 0 Å². The average Bonchev–Trinajstić information content (AvgIpc) is 2.87. The Morgan fingerprint density at radius 3 is 2.87 bits per heavy atom. The number of carbonyl (C=O) groups is 1. The molecule has 2 aromatic rings. The fraction of sp³-hybridized carbons (Fsp3) is 0.312. The molecule has 1 aromatic heterocycles. The second-order valence-electron chi connectivity index (χ2n) is 5.62. The van der Waals surface area contributed by atoms with Gasteiger partial charge in [0, 0.05) is 31.3 Å². The van der Waals surface area contributed by atoms with Crippen molar-refractivity contribution in [1.82, 2.24) is 14.9 Å². The first-order valence-electron chi connectivity index (χ1n) is 7.45. The maximum atomic E-state index is 11.8. The van der Waals surface area contributed by atoms with E-state index >= 15 is 0 Å². The molecule has 1 aromatic carbocycles. The molecule has 23 heavy (non-hydrogen) atoms. The largest absolute Gasteiger partial charge is 0.368 e. The van der Waals surface area contributed by atoms with Crippen LogP contribution >= 0.6 is 11.6 Å². The number of nitrogens with one attached hydrogen (secondary N) is 1. The van der Waals surface area contributed by atoms with Gasteiger partial charge in [-0.3, -0.25) is 4.79 Å². The zero-order chi connectivity index (χ0) is 16.4. The summed E-state index contributed by atoms with van der Waals surface area (Å²) in [6.45, 7) is 3.50. The zero-order valence-electron chi connectivity index (χ0n) is 12.8. The Bertz CT molecular complexity index is 729. The van der Waals surface area contributed by atoms with Crippen LogP contribution in [0.25, 0.3) is 0 Å². The summed E-state index contributed by atoms with van der Waals surface area (Å²) in [5, 5.41) is 3.46. The van der Waals surface area contributed by atoms with E-state index in [-0.39, 0.29) is 17.0 Å². The fourth-order valence-corrected chi connectivity index (χ4v) is 2.83. The van der Waals surface area contributed by atoms with Gasteiger partial charge in [-0.15, -0.1) is 0 Å². The smallest absolute Gasteiger partial charge is 0.223 e. The van der Waals surface area contributed by atoms with Crippen LogP contribution in [-0.4, -0.2) is 27.3 Å². The molecule has 1 saturated heterocycles. The fourth-order valence-electron chi connectivity index (χ4n) is 2.64. The lowest BCUT2D eigenvalue weighted by atomic mass is 10.1. The van der Waals surface area contributed by atoms with Crippen LogP contribution in [0, 0.1) is 6.92 Å². The first-order chi connectivity index (χ1) is 11.0. The lowest BCUT2D eigenvalue weighted by molar-refractivity contribution is -0.128. The van der Waals surface area contributed by atoms with Gasteiger partial charge in [-0.2, -0.15) is 4.98 Å². The standard InChI is InChI=1S/C16H18ClN5O/c1-10-4-5-12(19-14-8-13(17)20-16(18)21-14)7-11(10)9-22-6-2-3-15(22)23/h4-5,7-8H,2-3,6,9H2,1H3,(H3,18,19,20,21). The Balaban J connectivity index is 1.80. The van der Waals surface area contributed by atoms with E-state index in [0.717, 1.165) is 29.8 Å². The second kappa shape index (κ2) is 6.42. The summed E-state index contributed by atoms with van der Waals surface area (Å²) < 4.78 is 0. The highest BCUT2D eigenvalue weighted by molar-refractivity contribution is 6.29. The number of carbonyl (C=O) groups excluding carboxylic acids is 1. The van der Waals surface area contributed by atoms with Crippen LogP contribution in [-0.2, 0) is 11.3 Å². The van der Waals surface area contributed by atoms with Crippen molar-refractivity contribution < 1.29 is 4.79 Å². The minimum absolute atomic E-state index is 0.120. The predicted molar refractivity (Wildman–Crippen MR) is 90.6 cm³/mol. The number of aromatic nitrogens is 2. The molecule has 120 valence electrons. The number of anilines is 3. The molecule has 1 aliphatic rings. The van der Waals surface area contributed by atoms with Crippen molar-refractivity contribution >= 4 is 35.0 Å². The first-order valence-corrected chi connectivity index (χ1v) is 7.83. The highest BCUT2D eigenvalue weighted by atomic mass is 35.5. The molecule has 0 aliphatic carbocycles. The summed E-state index contributed by atoms with van der Waals surface area (Å²) in [4.78, 5) is 21.6. The Hall–Kier alpha value is -2.34. The third kappa shape index (κ3) is 3.71. The number of likely N-dealkylation sites (tertiary alicyclic amines) is 1. The lowest BCUT2D eigenvalue weighted by Gasteiger charge is -2.18. The van der Waals surface area contributed by atoms with E-state index in [2.05, 4.69) is 15.3 Å². The molecule has 0 spiro atoms. The number of aryl methyl sites for hydroxylation is 1. The maximum Gasteiger partial charge on any atom is 0.223 e. The molecule has 0 bridgehead atoms. The third-order valence-electron chi connectivity index (χ3n) is 3.87. The van der Waals surface area contributed by atoms with Crippen molar-refractivity contribution in [3.8, 4) is 0 Å². The molecule has 0 radical (unpaired) electrons. The number of hydrogen-bond acceptors (Lipinski definition) is 5. The lowest BCUT2D eigenvalue weighted by Crippen LogP contribution is -2.24. The Morgan fingerprint density at radius 1 is 1.35 bits per heavy atom. The van der Waals surface area contributed by atoms with Crippen LogP contribution in [0.1, 0.15) is 24.0 Å². The van der Waals surface area contributed by atoms with Crippen molar-refractivity contribution in [3.05, 3.63) is 40.5 Å². The van der Waals surface area contributed by atoms with Crippen LogP contribution in [0.2, 0.25) is 5.15 Å². The maximum absolute atomic E-state index is 11.8. The number of rotatable bonds is 4. The van der Waals surface area contributed by atoms with E-state index in [1.54, 1.807) is 6.07 Å². The Labute approximate surface area is 139 Å². The quantitative estimate of drug-likeness (QED) is 0.841. The first kappa shape index (κ1) is 15.6. The minimum Gasteiger partial charge on any atom is -0.368 e. The number of nitrogens with two attached hydrogens (primary N) is 1. The van der Waals surface area contributed by atoms with Gasteiger partial charge in [0.05, 0.1) is 0 Å². The van der Waals surface area contributed by atoms with Crippen molar-refractivity contribution in [3.63, 3.8) is 0 Å². The summed E-state index contributed by atoms with van der Waals surface area (Å²) in [5.74, 6) is 0.877. The zero-order valence-corrected chi connectivity index (χ0v) is 13.6. The van der Waals surface area contributed by atoms with E-state index in [4.69, 9.17) is 17.3 Å². The molecule has 1 aliphatic heterocycles. The topological polar surface area (TPSA) is 84.1 Å². The molecular formula is C16H18ClN5O. The van der Waals surface area contributed by atoms with Crippen molar-refractivity contribution in [2.45, 2.75) is 26.3 Å². The highest BCUT2D eigenvalue weighted by Crippen LogP contribution is 2.23. The van der Waals surface area contributed by atoms with Gasteiger partial charge in [0.1, 0.15) is 11.0 Å². The molecule has 3 N–H and O–H groups in total. The van der Waals surface area contributed by atoms with Gasteiger partial charge >= 0.3 is 0 Å². The molecule has 0 saturated carbocycles. The molecule has 1 fully saturated rings. The Morgan fingerprint density at radius 2 is 2.17 bits per heavy atom. The second-order valence-corrected chi connectivity index (χ2v) is 6.01. The molecular weight excluding hydrogens is 314 g/mol. The SMILES string of the molecule is Cc1ccc(Nc2cc(Cl)nc(N)n2)cc1CN1CCCC1=O. The van der Waals surface area contributed by atoms with E-state index in [1.807, 2.05) is 30.0 Å². The van der Waals surface area contributed by atoms with Gasteiger partial charge in [-0.1, -0.05) is 17.7 Å². The number of halogens is 1. The van der Waals surface area contributed by atoms with Crippen LogP contribution in [0.15, 0.2) is 24.3 Å². The molecule has 0 unspecified atom stereocenters. The van der Waals surface area contributed by atoms with Gasteiger partial charge in [-0.05, 0) is 36.6 Å². The highest BCUT2D eigenvalue weighted by Gasteiger charge is 2.20. The average molecular weight is 332 g/mol. The summed E-state index contributed by atoms with van der Waals surface area (Å²) >= 11 is 5.89. The minimum atomic E-state index is 0.120. The van der Waals surface area contributed by atoms with E-state index in [9.17, 15) is 4.79 Å². The predicted octanol–water partition coefficient (Wildman–Crippen LogP) is 2.89. The summed E-state index contributed by atoms with van der Waals surface area (Å²) in [6.07, 6.45) is 1.59. The molecule has 7 heteroatoms. The summed E-state index contributed by atoms with van der Waals surface area (Å²) in [7, 11) is 0. The van der Waals surface area contributed by atoms with Crippen molar-refractivity contribution in [2.75, 3.05) is 17.6 Å².